The van der Waals surface area contributed by atoms with Gasteiger partial charge in [-0.2, -0.15) is 5.10 Å². The second-order valence-electron chi connectivity index (χ2n) is 14.5. The number of aromatic nitrogens is 2. The number of carbonyl (C=O) groups excluding carboxylic acids is 1. The molecule has 4 N–H and O–H groups in total. The molecule has 50 heavy (non-hydrogen) atoms. The molecule has 4 aromatic rings. The van der Waals surface area contributed by atoms with E-state index in [1.807, 2.05) is 48.7 Å². The fourth-order valence-corrected chi connectivity index (χ4v) is 5.73. The highest BCUT2D eigenvalue weighted by Gasteiger charge is 2.24. The van der Waals surface area contributed by atoms with Crippen LogP contribution in [0.4, 0.5) is 8.78 Å². The second-order valence-corrected chi connectivity index (χ2v) is 15.6. The number of hydrogen-bond donors (Lipinski definition) is 4. The van der Waals surface area contributed by atoms with Gasteiger partial charge in [-0.05, 0) is 68.7 Å². The molecule has 0 saturated heterocycles. The summed E-state index contributed by atoms with van der Waals surface area (Å²) in [6, 6.07) is 10.7. The largest absolute Gasteiger partial charge is 0.746 e. The standard InChI is InChI=1S/C35H46F2N5O7P/c1-22(2)20-41-29-17-27(33(15-24(29)18-40-41)48-32-11-9-26(36)16-28(32)37)34(44)38-12-13-42(6,7)21-25-14-23(30(43)19-39-35(3,4)5)8-10-31(25)49-50(45,46)47/h8-11,14-18,22,30,39,43H,12-13,19-21H2,1-7H3,(H2-,38,44,45,46,47). The van der Waals surface area contributed by atoms with Gasteiger partial charge in [0, 0.05) is 35.6 Å². The Morgan fingerprint density at radius 2 is 1.78 bits per heavy atom. The summed E-state index contributed by atoms with van der Waals surface area (Å²) in [5.74, 6) is -2.20. The van der Waals surface area contributed by atoms with Crippen LogP contribution >= 0.6 is 7.82 Å². The lowest BCUT2D eigenvalue weighted by Crippen LogP contribution is -2.44. The minimum absolute atomic E-state index is 0.0579. The Hall–Kier alpha value is -3.91. The summed E-state index contributed by atoms with van der Waals surface area (Å²) >= 11 is 0. The number of benzene rings is 3. The van der Waals surface area contributed by atoms with E-state index in [0.29, 0.717) is 41.2 Å². The number of aliphatic hydroxyl groups excluding tert-OH is 1. The highest BCUT2D eigenvalue weighted by atomic mass is 31.2. The molecule has 1 amide bonds. The number of hydrogen-bond acceptors (Lipinski definition) is 8. The van der Waals surface area contributed by atoms with Gasteiger partial charge in [0.1, 0.15) is 23.9 Å². The maximum absolute atomic E-state index is 14.6. The van der Waals surface area contributed by atoms with Crippen molar-refractivity contribution in [1.29, 1.82) is 0 Å². The number of aliphatic hydroxyl groups is 1. The van der Waals surface area contributed by atoms with Gasteiger partial charge in [0.15, 0.2) is 11.6 Å². The van der Waals surface area contributed by atoms with Gasteiger partial charge in [-0.15, -0.1) is 0 Å². The number of halogens is 2. The van der Waals surface area contributed by atoms with Crippen molar-refractivity contribution in [3.05, 3.63) is 83.1 Å². The van der Waals surface area contributed by atoms with Crippen LogP contribution in [-0.4, -0.2) is 69.4 Å². The Morgan fingerprint density at radius 1 is 1.08 bits per heavy atom. The van der Waals surface area contributed by atoms with Gasteiger partial charge in [0.2, 0.25) is 0 Å². The van der Waals surface area contributed by atoms with Crippen molar-refractivity contribution >= 4 is 24.6 Å². The van der Waals surface area contributed by atoms with Crippen molar-refractivity contribution in [3.63, 3.8) is 0 Å². The van der Waals surface area contributed by atoms with Crippen LogP contribution in [0.15, 0.2) is 54.7 Å². The van der Waals surface area contributed by atoms with E-state index in [0.717, 1.165) is 12.1 Å². The topological polar surface area (TPSA) is 158 Å². The normalized spacial score (nSPS) is 14.1. The first kappa shape index (κ1) is 38.9. The van der Waals surface area contributed by atoms with Gasteiger partial charge < -0.3 is 39.3 Å². The number of nitrogens with zero attached hydrogens (tertiary/aromatic N) is 3. The third-order valence-corrected chi connectivity index (χ3v) is 8.18. The summed E-state index contributed by atoms with van der Waals surface area (Å²) in [5.41, 5.74) is 1.49. The summed E-state index contributed by atoms with van der Waals surface area (Å²) in [6.07, 6.45) is 0.724. The first-order chi connectivity index (χ1) is 23.2. The summed E-state index contributed by atoms with van der Waals surface area (Å²) < 4.78 is 52.5. The number of quaternary nitrogens is 1. The number of likely N-dealkylation sites (N-methyl/N-ethyl adjacent to an activating group) is 1. The van der Waals surface area contributed by atoms with Crippen molar-refractivity contribution in [2.24, 2.45) is 5.92 Å². The zero-order valence-electron chi connectivity index (χ0n) is 29.4. The van der Waals surface area contributed by atoms with E-state index in [9.17, 15) is 33.0 Å². The Bertz CT molecular complexity index is 1870. The van der Waals surface area contributed by atoms with Crippen molar-refractivity contribution in [1.82, 2.24) is 20.4 Å². The minimum Gasteiger partial charge on any atom is -0.746 e. The van der Waals surface area contributed by atoms with E-state index in [1.165, 1.54) is 12.1 Å². The predicted octanol–water partition coefficient (Wildman–Crippen LogP) is 5.03. The molecule has 0 aliphatic rings. The number of fused-ring (bicyclic) bond motifs is 1. The van der Waals surface area contributed by atoms with Gasteiger partial charge in [0.05, 0.1) is 50.6 Å². The molecular formula is C35H46F2N5O7P. The zero-order chi connectivity index (χ0) is 37.0. The van der Waals surface area contributed by atoms with Crippen LogP contribution in [0, 0.1) is 17.6 Å². The van der Waals surface area contributed by atoms with E-state index in [1.54, 1.807) is 29.1 Å². The number of amides is 1. The van der Waals surface area contributed by atoms with Crippen molar-refractivity contribution in [2.75, 3.05) is 33.7 Å². The van der Waals surface area contributed by atoms with E-state index in [-0.39, 0.29) is 58.4 Å². The Kier molecular flexibility index (Phi) is 12.1. The molecule has 0 saturated carbocycles. The van der Waals surface area contributed by atoms with Crippen LogP contribution in [-0.2, 0) is 17.7 Å². The number of nitrogens with one attached hydrogen (secondary N) is 2. The lowest BCUT2D eigenvalue weighted by molar-refractivity contribution is -0.902. The molecule has 1 heterocycles. The zero-order valence-corrected chi connectivity index (χ0v) is 30.3. The molecule has 2 atom stereocenters. The van der Waals surface area contributed by atoms with Crippen molar-refractivity contribution < 1.29 is 46.8 Å². The molecule has 15 heteroatoms. The Labute approximate surface area is 290 Å². The van der Waals surface area contributed by atoms with E-state index in [2.05, 4.69) is 15.7 Å². The first-order valence-electron chi connectivity index (χ1n) is 16.2. The van der Waals surface area contributed by atoms with Gasteiger partial charge >= 0.3 is 7.82 Å². The first-order valence-corrected chi connectivity index (χ1v) is 17.7. The molecular weight excluding hydrogens is 671 g/mol. The number of carbonyl (C=O) groups is 1. The van der Waals surface area contributed by atoms with Crippen LogP contribution < -0.4 is 24.8 Å². The molecule has 4 rings (SSSR count). The smallest absolute Gasteiger partial charge is 0.317 e. The third-order valence-electron chi connectivity index (χ3n) is 7.75. The molecule has 272 valence electrons. The minimum atomic E-state index is -5.13. The van der Waals surface area contributed by atoms with E-state index < -0.39 is 31.5 Å². The summed E-state index contributed by atoms with van der Waals surface area (Å²) in [4.78, 5) is 34.7. The van der Waals surface area contributed by atoms with Crippen molar-refractivity contribution in [2.45, 2.75) is 59.4 Å². The number of rotatable bonds is 15. The summed E-state index contributed by atoms with van der Waals surface area (Å²) in [5, 5.41) is 22.0. The monoisotopic (exact) mass is 717 g/mol. The van der Waals surface area contributed by atoms with Crippen LogP contribution in [0.3, 0.4) is 0 Å². The maximum Gasteiger partial charge on any atom is 0.317 e. The molecule has 12 nitrogen and oxygen atoms in total. The Balaban J connectivity index is 1.55. The van der Waals surface area contributed by atoms with Crippen LogP contribution in [0.1, 0.15) is 62.2 Å². The van der Waals surface area contributed by atoms with Crippen LogP contribution in [0.5, 0.6) is 17.2 Å². The number of phosphoric acid groups is 1. The maximum atomic E-state index is 14.6. The van der Waals surface area contributed by atoms with Gasteiger partial charge in [-0.3, -0.25) is 14.0 Å². The highest BCUT2D eigenvalue weighted by Crippen LogP contribution is 2.37. The summed E-state index contributed by atoms with van der Waals surface area (Å²) in [6.45, 7) is 11.5. The fraction of sp³-hybridized carbons (Fsp3) is 0.429. The molecule has 2 unspecified atom stereocenters. The number of ether oxygens (including phenoxy) is 1. The lowest BCUT2D eigenvalue weighted by Gasteiger charge is -2.31. The molecule has 0 aliphatic heterocycles. The predicted molar refractivity (Wildman–Crippen MR) is 184 cm³/mol. The lowest BCUT2D eigenvalue weighted by atomic mass is 10.0. The molecule has 0 bridgehead atoms. The van der Waals surface area contributed by atoms with Gasteiger partial charge in [0.25, 0.3) is 5.91 Å². The quantitative estimate of drug-likeness (QED) is 0.0978. The SMILES string of the molecule is CC(C)Cn1ncc2cc(Oc3ccc(F)cc3F)c(C(=O)NCC[N+](C)(C)Cc3cc(C(O)CNC(C)(C)C)ccc3OP(=O)([O-])O)cc21. The Morgan fingerprint density at radius 3 is 2.42 bits per heavy atom. The fourth-order valence-electron chi connectivity index (χ4n) is 5.31. The third kappa shape index (κ3) is 11.0. The summed E-state index contributed by atoms with van der Waals surface area (Å²) in [7, 11) is -1.41. The molecule has 1 aromatic heterocycles. The van der Waals surface area contributed by atoms with Crippen LogP contribution in [0.2, 0.25) is 0 Å². The number of phosphoric ester groups is 1. The average molecular weight is 718 g/mol. The number of β-amino-alcohol motifs (C(OH)–C–C–N with tert-alkyl or cyclic N) is 1. The second kappa shape index (κ2) is 15.5. The van der Waals surface area contributed by atoms with Gasteiger partial charge in [-0.1, -0.05) is 19.9 Å². The molecule has 3 aromatic carbocycles. The van der Waals surface area contributed by atoms with E-state index in [4.69, 9.17) is 9.26 Å². The molecule has 0 spiro atoms. The average Bonchev–Trinajstić information content (AvgIpc) is 3.37. The molecule has 0 radical (unpaired) electrons. The van der Waals surface area contributed by atoms with E-state index >= 15 is 0 Å². The van der Waals surface area contributed by atoms with Gasteiger partial charge in [-0.25, -0.2) is 8.78 Å². The highest BCUT2D eigenvalue weighted by molar-refractivity contribution is 7.45. The molecule has 0 aliphatic carbocycles. The van der Waals surface area contributed by atoms with Crippen LogP contribution in [0.25, 0.3) is 10.9 Å². The molecule has 0 fully saturated rings. The van der Waals surface area contributed by atoms with Crippen molar-refractivity contribution in [3.8, 4) is 17.2 Å².